The highest BCUT2D eigenvalue weighted by Gasteiger charge is 2.33. The van der Waals surface area contributed by atoms with Gasteiger partial charge >= 0.3 is 0 Å². The van der Waals surface area contributed by atoms with Crippen molar-refractivity contribution < 1.29 is 14.4 Å². The summed E-state index contributed by atoms with van der Waals surface area (Å²) in [5, 5.41) is 0. The van der Waals surface area contributed by atoms with E-state index in [4.69, 9.17) is 0 Å². The molecule has 31 heavy (non-hydrogen) atoms. The third-order valence-corrected chi connectivity index (χ3v) is 6.05. The normalized spacial score (nSPS) is 19.4. The van der Waals surface area contributed by atoms with Gasteiger partial charge in [-0.05, 0) is 43.7 Å². The summed E-state index contributed by atoms with van der Waals surface area (Å²) in [7, 11) is 1.61. The van der Waals surface area contributed by atoms with Crippen molar-refractivity contribution in [3.63, 3.8) is 0 Å². The van der Waals surface area contributed by atoms with E-state index in [2.05, 4.69) is 43.0 Å². The predicted octanol–water partition coefficient (Wildman–Crippen LogP) is 2.15. The number of nitrogens with zero attached hydrogens (tertiary/aromatic N) is 4. The van der Waals surface area contributed by atoms with Crippen LogP contribution in [-0.4, -0.2) is 73.3 Å². The van der Waals surface area contributed by atoms with E-state index in [1.807, 2.05) is 4.90 Å². The molecule has 1 fully saturated rings. The third-order valence-electron chi connectivity index (χ3n) is 6.05. The standard InChI is InChI=1S/C24H28N4O3/c1-17-7-6-8-19(13-17)27-12-11-26(14-18(27)2)22(29)16-28-21-10-5-4-9-20(21)24(31)25(3)15-23(28)30/h4-10,13,18H,11-12,14-16H2,1-3H3/t18-/m0/s1. The Hall–Kier alpha value is -3.35. The Kier molecular flexibility index (Phi) is 5.67. The van der Waals surface area contributed by atoms with Crippen LogP contribution in [0.3, 0.4) is 0 Å². The molecule has 0 aliphatic carbocycles. The maximum atomic E-state index is 13.2. The van der Waals surface area contributed by atoms with Crippen molar-refractivity contribution in [1.82, 2.24) is 9.80 Å². The van der Waals surface area contributed by atoms with Gasteiger partial charge in [-0.15, -0.1) is 0 Å². The molecule has 3 amide bonds. The van der Waals surface area contributed by atoms with E-state index >= 15 is 0 Å². The number of piperazine rings is 1. The molecule has 0 bridgehead atoms. The summed E-state index contributed by atoms with van der Waals surface area (Å²) >= 11 is 0. The van der Waals surface area contributed by atoms with Crippen molar-refractivity contribution in [2.45, 2.75) is 19.9 Å². The number of aryl methyl sites for hydroxylation is 1. The molecule has 2 heterocycles. The molecule has 7 heteroatoms. The van der Waals surface area contributed by atoms with Gasteiger partial charge in [0.25, 0.3) is 5.91 Å². The lowest BCUT2D eigenvalue weighted by atomic mass is 10.1. The number of carbonyl (C=O) groups excluding carboxylic acids is 3. The number of hydrogen-bond donors (Lipinski definition) is 0. The lowest BCUT2D eigenvalue weighted by Crippen LogP contribution is -2.56. The monoisotopic (exact) mass is 420 g/mol. The second kappa shape index (κ2) is 8.41. The van der Waals surface area contributed by atoms with Crippen molar-refractivity contribution in [3.8, 4) is 0 Å². The molecule has 0 saturated carbocycles. The first-order chi connectivity index (χ1) is 14.8. The SMILES string of the molecule is Cc1cccc(N2CCN(C(=O)CN3C(=O)CN(C)C(=O)c4ccccc43)C[C@@H]2C)c1. The molecule has 1 saturated heterocycles. The average Bonchev–Trinajstić information content (AvgIpc) is 2.84. The largest absolute Gasteiger partial charge is 0.365 e. The second-order valence-corrected chi connectivity index (χ2v) is 8.38. The number of fused-ring (bicyclic) bond motifs is 1. The summed E-state index contributed by atoms with van der Waals surface area (Å²) in [6, 6.07) is 15.5. The first kappa shape index (κ1) is 20.9. The van der Waals surface area contributed by atoms with Gasteiger partial charge in [-0.3, -0.25) is 14.4 Å². The molecular weight excluding hydrogens is 392 g/mol. The van der Waals surface area contributed by atoms with E-state index < -0.39 is 0 Å². The summed E-state index contributed by atoms with van der Waals surface area (Å²) < 4.78 is 0. The second-order valence-electron chi connectivity index (χ2n) is 8.38. The van der Waals surface area contributed by atoms with Gasteiger partial charge < -0.3 is 19.6 Å². The van der Waals surface area contributed by atoms with Crippen molar-refractivity contribution in [2.75, 3.05) is 49.6 Å². The van der Waals surface area contributed by atoms with Crippen LogP contribution in [0.4, 0.5) is 11.4 Å². The minimum absolute atomic E-state index is 0.0433. The first-order valence-electron chi connectivity index (χ1n) is 10.6. The number of likely N-dealkylation sites (N-methyl/N-ethyl adjacent to an activating group) is 1. The first-order valence-corrected chi connectivity index (χ1v) is 10.6. The molecule has 0 aromatic heterocycles. The van der Waals surface area contributed by atoms with Crippen LogP contribution in [0.25, 0.3) is 0 Å². The lowest BCUT2D eigenvalue weighted by molar-refractivity contribution is -0.132. The number of carbonyl (C=O) groups is 3. The van der Waals surface area contributed by atoms with Crippen LogP contribution < -0.4 is 9.80 Å². The molecule has 1 atom stereocenters. The molecule has 0 radical (unpaired) electrons. The fraction of sp³-hybridized carbons (Fsp3) is 0.375. The zero-order chi connectivity index (χ0) is 22.1. The fourth-order valence-corrected chi connectivity index (χ4v) is 4.37. The van der Waals surface area contributed by atoms with Gasteiger partial charge in [0.15, 0.2) is 0 Å². The minimum atomic E-state index is -0.249. The molecule has 2 aromatic carbocycles. The Balaban J connectivity index is 1.49. The van der Waals surface area contributed by atoms with E-state index in [1.54, 1.807) is 31.3 Å². The summed E-state index contributed by atoms with van der Waals surface area (Å²) in [6.45, 7) is 6.01. The molecular formula is C24H28N4O3. The van der Waals surface area contributed by atoms with Crippen molar-refractivity contribution >= 4 is 29.1 Å². The topological polar surface area (TPSA) is 64.2 Å². The molecule has 0 unspecified atom stereocenters. The molecule has 0 N–H and O–H groups in total. The summed E-state index contributed by atoms with van der Waals surface area (Å²) in [6.07, 6.45) is 0. The smallest absolute Gasteiger partial charge is 0.256 e. The number of rotatable bonds is 3. The van der Waals surface area contributed by atoms with E-state index in [9.17, 15) is 14.4 Å². The van der Waals surface area contributed by atoms with Crippen LogP contribution in [-0.2, 0) is 9.59 Å². The number of benzene rings is 2. The number of hydrogen-bond acceptors (Lipinski definition) is 4. The number of para-hydroxylation sites is 1. The van der Waals surface area contributed by atoms with Gasteiger partial charge in [0.1, 0.15) is 13.1 Å². The van der Waals surface area contributed by atoms with Crippen molar-refractivity contribution in [2.24, 2.45) is 0 Å². The molecule has 2 aliphatic heterocycles. The average molecular weight is 421 g/mol. The number of amides is 3. The van der Waals surface area contributed by atoms with Gasteiger partial charge in [0, 0.05) is 38.4 Å². The maximum Gasteiger partial charge on any atom is 0.256 e. The maximum absolute atomic E-state index is 13.2. The molecule has 0 spiro atoms. The third kappa shape index (κ3) is 4.13. The van der Waals surface area contributed by atoms with E-state index in [0.717, 1.165) is 12.2 Å². The zero-order valence-electron chi connectivity index (χ0n) is 18.2. The van der Waals surface area contributed by atoms with E-state index in [0.29, 0.717) is 24.3 Å². The minimum Gasteiger partial charge on any atom is -0.365 e. The van der Waals surface area contributed by atoms with Crippen LogP contribution in [0.1, 0.15) is 22.8 Å². The van der Waals surface area contributed by atoms with Gasteiger partial charge in [-0.25, -0.2) is 0 Å². The quantitative estimate of drug-likeness (QED) is 0.763. The molecule has 162 valence electrons. The van der Waals surface area contributed by atoms with Gasteiger partial charge in [0.2, 0.25) is 11.8 Å². The Labute approximate surface area is 182 Å². The van der Waals surface area contributed by atoms with Crippen LogP contribution in [0, 0.1) is 6.92 Å². The molecule has 2 aromatic rings. The zero-order valence-corrected chi connectivity index (χ0v) is 18.2. The number of anilines is 2. The predicted molar refractivity (Wildman–Crippen MR) is 120 cm³/mol. The highest BCUT2D eigenvalue weighted by molar-refractivity contribution is 6.11. The fourth-order valence-electron chi connectivity index (χ4n) is 4.37. The van der Waals surface area contributed by atoms with Gasteiger partial charge in [-0.1, -0.05) is 24.3 Å². The summed E-state index contributed by atoms with van der Waals surface area (Å²) in [4.78, 5) is 45.6. The van der Waals surface area contributed by atoms with E-state index in [1.165, 1.54) is 15.4 Å². The molecule has 7 nitrogen and oxygen atoms in total. The van der Waals surface area contributed by atoms with Crippen LogP contribution in [0.15, 0.2) is 48.5 Å². The van der Waals surface area contributed by atoms with E-state index in [-0.39, 0.29) is 36.9 Å². The Morgan fingerprint density at radius 1 is 1.06 bits per heavy atom. The Morgan fingerprint density at radius 2 is 1.84 bits per heavy atom. The lowest BCUT2D eigenvalue weighted by Gasteiger charge is -2.42. The summed E-state index contributed by atoms with van der Waals surface area (Å²) in [5.74, 6) is -0.559. The van der Waals surface area contributed by atoms with Gasteiger partial charge in [0.05, 0.1) is 11.3 Å². The highest BCUT2D eigenvalue weighted by atomic mass is 16.2. The molecule has 2 aliphatic rings. The highest BCUT2D eigenvalue weighted by Crippen LogP contribution is 2.26. The van der Waals surface area contributed by atoms with Crippen molar-refractivity contribution in [3.05, 3.63) is 59.7 Å². The Morgan fingerprint density at radius 3 is 2.58 bits per heavy atom. The van der Waals surface area contributed by atoms with Crippen LogP contribution in [0.2, 0.25) is 0 Å². The Bertz CT molecular complexity index is 1020. The molecule has 4 rings (SSSR count). The van der Waals surface area contributed by atoms with Gasteiger partial charge in [-0.2, -0.15) is 0 Å². The van der Waals surface area contributed by atoms with Crippen molar-refractivity contribution in [1.29, 1.82) is 0 Å². The van der Waals surface area contributed by atoms with Crippen LogP contribution in [0.5, 0.6) is 0 Å². The summed E-state index contributed by atoms with van der Waals surface area (Å²) in [5.41, 5.74) is 3.32. The van der Waals surface area contributed by atoms with Crippen LogP contribution >= 0.6 is 0 Å².